The van der Waals surface area contributed by atoms with Gasteiger partial charge in [0, 0.05) is 36.4 Å². The first-order chi connectivity index (χ1) is 12.3. The van der Waals surface area contributed by atoms with Crippen LogP contribution in [0.25, 0.3) is 10.1 Å². The fourth-order valence-corrected chi connectivity index (χ4v) is 3.14. The molecule has 0 saturated heterocycles. The summed E-state index contributed by atoms with van der Waals surface area (Å²) in [5.41, 5.74) is 2.39. The number of halogens is 3. The maximum atomic E-state index is 10.6. The molecule has 0 saturated carbocycles. The number of benzene rings is 1. The number of alkyl halides is 3. The van der Waals surface area contributed by atoms with E-state index in [1.807, 2.05) is 17.5 Å². The lowest BCUT2D eigenvalue weighted by Crippen LogP contribution is -2.21. The molecule has 9 heteroatoms. The van der Waals surface area contributed by atoms with E-state index in [0.717, 1.165) is 18.8 Å². The fourth-order valence-electron chi connectivity index (χ4n) is 2.19. The van der Waals surface area contributed by atoms with E-state index in [1.165, 1.54) is 15.6 Å². The van der Waals surface area contributed by atoms with Crippen LogP contribution in [0.4, 0.5) is 13.2 Å². The molecule has 0 aliphatic heterocycles. The van der Waals surface area contributed by atoms with Gasteiger partial charge in [0.1, 0.15) is 0 Å². The standard InChI is InChI=1S/C15H15N3S.C2HF3O2/c1-18(10-13-8-16-6-7-17-13)9-12-11-19-15-5-3-2-4-14(12)15;3-2(4,5)1(6)7/h2-8,11H,9-10H2,1H3;(H,6,7). The molecule has 0 unspecified atom stereocenters. The smallest absolute Gasteiger partial charge is 0.475 e. The summed E-state index contributed by atoms with van der Waals surface area (Å²) in [6.45, 7) is 1.75. The number of carbonyl (C=O) groups is 1. The molecule has 3 aromatic rings. The molecule has 0 bridgehead atoms. The minimum atomic E-state index is -5.08. The molecule has 2 aromatic heterocycles. The van der Waals surface area contributed by atoms with Gasteiger partial charge in [-0.25, -0.2) is 4.79 Å². The Bertz CT molecular complexity index is 853. The normalized spacial score (nSPS) is 11.3. The van der Waals surface area contributed by atoms with Crippen molar-refractivity contribution in [1.82, 2.24) is 14.9 Å². The Morgan fingerprint density at radius 3 is 2.54 bits per heavy atom. The SMILES string of the molecule is CN(Cc1cnccn1)Cc1csc2ccccc12.O=C(O)C(F)(F)F. The summed E-state index contributed by atoms with van der Waals surface area (Å²) in [6, 6.07) is 8.55. The summed E-state index contributed by atoms with van der Waals surface area (Å²) in [4.78, 5) is 19.6. The Kier molecular flexibility index (Phi) is 6.64. The molecule has 2 heterocycles. The van der Waals surface area contributed by atoms with Crippen molar-refractivity contribution in [3.63, 3.8) is 0 Å². The molecule has 0 radical (unpaired) electrons. The molecule has 0 amide bonds. The van der Waals surface area contributed by atoms with Crippen molar-refractivity contribution in [2.24, 2.45) is 0 Å². The van der Waals surface area contributed by atoms with Crippen LogP contribution in [-0.4, -0.2) is 39.2 Å². The van der Waals surface area contributed by atoms with Crippen molar-refractivity contribution in [2.75, 3.05) is 7.05 Å². The first-order valence-corrected chi connectivity index (χ1v) is 8.34. The predicted octanol–water partition coefficient (Wildman–Crippen LogP) is 3.96. The summed E-state index contributed by atoms with van der Waals surface area (Å²) in [7, 11) is 2.11. The summed E-state index contributed by atoms with van der Waals surface area (Å²) in [6.07, 6.45) is 0.182. The molecular formula is C17H16F3N3O2S. The zero-order valence-corrected chi connectivity index (χ0v) is 14.6. The minimum absolute atomic E-state index is 0.817. The van der Waals surface area contributed by atoms with Crippen molar-refractivity contribution in [2.45, 2.75) is 19.3 Å². The molecular weight excluding hydrogens is 367 g/mol. The lowest BCUT2D eigenvalue weighted by Gasteiger charge is -2.15. The average molecular weight is 383 g/mol. The van der Waals surface area contributed by atoms with E-state index in [4.69, 9.17) is 9.90 Å². The average Bonchev–Trinajstić information content (AvgIpc) is 2.98. The molecule has 0 atom stereocenters. The number of fused-ring (bicyclic) bond motifs is 1. The van der Waals surface area contributed by atoms with Gasteiger partial charge in [-0.1, -0.05) is 18.2 Å². The summed E-state index contributed by atoms with van der Waals surface area (Å²) >= 11 is 1.81. The van der Waals surface area contributed by atoms with Gasteiger partial charge in [-0.2, -0.15) is 13.2 Å². The van der Waals surface area contributed by atoms with Crippen LogP contribution in [-0.2, 0) is 17.9 Å². The van der Waals surface area contributed by atoms with E-state index in [-0.39, 0.29) is 0 Å². The van der Waals surface area contributed by atoms with E-state index in [2.05, 4.69) is 51.6 Å². The Morgan fingerprint density at radius 1 is 1.23 bits per heavy atom. The van der Waals surface area contributed by atoms with Gasteiger partial charge in [-0.3, -0.25) is 14.9 Å². The molecule has 0 spiro atoms. The number of hydrogen-bond donors (Lipinski definition) is 1. The van der Waals surface area contributed by atoms with Crippen LogP contribution in [0, 0.1) is 0 Å². The Labute approximate surface area is 151 Å². The first-order valence-electron chi connectivity index (χ1n) is 7.46. The Morgan fingerprint density at radius 2 is 1.92 bits per heavy atom. The highest BCUT2D eigenvalue weighted by Crippen LogP contribution is 2.26. The van der Waals surface area contributed by atoms with E-state index in [0.29, 0.717) is 0 Å². The summed E-state index contributed by atoms with van der Waals surface area (Å²) < 4.78 is 33.1. The second kappa shape index (κ2) is 8.72. The summed E-state index contributed by atoms with van der Waals surface area (Å²) in [5.74, 6) is -2.76. The van der Waals surface area contributed by atoms with Gasteiger partial charge in [-0.15, -0.1) is 11.3 Å². The number of thiophene rings is 1. The molecule has 138 valence electrons. The van der Waals surface area contributed by atoms with Gasteiger partial charge >= 0.3 is 12.1 Å². The van der Waals surface area contributed by atoms with Crippen LogP contribution in [0.2, 0.25) is 0 Å². The van der Waals surface area contributed by atoms with E-state index in [9.17, 15) is 13.2 Å². The van der Waals surface area contributed by atoms with Gasteiger partial charge in [0.2, 0.25) is 0 Å². The van der Waals surface area contributed by atoms with Crippen LogP contribution in [0.1, 0.15) is 11.3 Å². The van der Waals surface area contributed by atoms with Gasteiger partial charge < -0.3 is 5.11 Å². The van der Waals surface area contributed by atoms with Gasteiger partial charge in [0.15, 0.2) is 0 Å². The highest BCUT2D eigenvalue weighted by atomic mass is 32.1. The number of hydrogen-bond acceptors (Lipinski definition) is 5. The monoisotopic (exact) mass is 383 g/mol. The predicted molar refractivity (Wildman–Crippen MR) is 92.7 cm³/mol. The van der Waals surface area contributed by atoms with Gasteiger partial charge in [0.25, 0.3) is 0 Å². The quantitative estimate of drug-likeness (QED) is 0.739. The second-order valence-corrected chi connectivity index (χ2v) is 6.34. The van der Waals surface area contributed by atoms with Crippen LogP contribution in [0.15, 0.2) is 48.2 Å². The molecule has 1 aromatic carbocycles. The summed E-state index contributed by atoms with van der Waals surface area (Å²) in [5, 5.41) is 10.7. The van der Waals surface area contributed by atoms with Crippen molar-refractivity contribution < 1.29 is 23.1 Å². The largest absolute Gasteiger partial charge is 0.490 e. The third-order valence-corrected chi connectivity index (χ3v) is 4.30. The Hall–Kier alpha value is -2.52. The Balaban J connectivity index is 0.000000298. The molecule has 26 heavy (non-hydrogen) atoms. The number of carboxylic acid groups (broad SMARTS) is 1. The van der Waals surface area contributed by atoms with Crippen molar-refractivity contribution in [1.29, 1.82) is 0 Å². The van der Waals surface area contributed by atoms with E-state index >= 15 is 0 Å². The number of rotatable bonds is 4. The van der Waals surface area contributed by atoms with E-state index in [1.54, 1.807) is 12.4 Å². The third-order valence-electron chi connectivity index (χ3n) is 3.29. The second-order valence-electron chi connectivity index (χ2n) is 5.43. The molecule has 3 rings (SSSR count). The zero-order valence-electron chi connectivity index (χ0n) is 13.8. The minimum Gasteiger partial charge on any atom is -0.475 e. The number of nitrogens with zero attached hydrogens (tertiary/aromatic N) is 3. The number of carboxylic acids is 1. The van der Waals surface area contributed by atoms with Gasteiger partial charge in [0.05, 0.1) is 5.69 Å². The molecule has 0 aliphatic carbocycles. The molecule has 1 N–H and O–H groups in total. The third kappa shape index (κ3) is 5.78. The maximum Gasteiger partial charge on any atom is 0.490 e. The van der Waals surface area contributed by atoms with Crippen LogP contribution in [0.5, 0.6) is 0 Å². The highest BCUT2D eigenvalue weighted by molar-refractivity contribution is 7.17. The lowest BCUT2D eigenvalue weighted by atomic mass is 10.1. The van der Waals surface area contributed by atoms with E-state index < -0.39 is 12.1 Å². The highest BCUT2D eigenvalue weighted by Gasteiger charge is 2.38. The topological polar surface area (TPSA) is 66.3 Å². The van der Waals surface area contributed by atoms with Crippen molar-refractivity contribution in [3.8, 4) is 0 Å². The molecule has 0 aliphatic rings. The maximum absolute atomic E-state index is 10.6. The number of aromatic nitrogens is 2. The lowest BCUT2D eigenvalue weighted by molar-refractivity contribution is -0.192. The van der Waals surface area contributed by atoms with Gasteiger partial charge in [-0.05, 0) is 29.4 Å². The van der Waals surface area contributed by atoms with Crippen LogP contribution < -0.4 is 0 Å². The first kappa shape index (κ1) is 19.8. The fraction of sp³-hybridized carbons (Fsp3) is 0.235. The van der Waals surface area contributed by atoms with Crippen molar-refractivity contribution in [3.05, 3.63) is 59.5 Å². The number of aliphatic carboxylic acids is 1. The van der Waals surface area contributed by atoms with Crippen molar-refractivity contribution >= 4 is 27.4 Å². The molecule has 0 fully saturated rings. The molecule has 5 nitrogen and oxygen atoms in total. The van der Waals surface area contributed by atoms with Crippen LogP contribution >= 0.6 is 11.3 Å². The zero-order chi connectivity index (χ0) is 19.2. The van der Waals surface area contributed by atoms with Crippen LogP contribution in [0.3, 0.4) is 0 Å².